The molecular formula is C13H14FN3O. The summed E-state index contributed by atoms with van der Waals surface area (Å²) in [6.45, 7) is 0.358. The fourth-order valence-electron chi connectivity index (χ4n) is 1.69. The van der Waals surface area contributed by atoms with Crippen molar-refractivity contribution in [3.63, 3.8) is 0 Å². The number of hydrogen-bond acceptors (Lipinski definition) is 4. The van der Waals surface area contributed by atoms with Crippen molar-refractivity contribution in [3.05, 3.63) is 53.2 Å². The maximum absolute atomic E-state index is 13.5. The predicted octanol–water partition coefficient (Wildman–Crippen LogP) is 1.94. The molecule has 0 aliphatic rings. The summed E-state index contributed by atoms with van der Waals surface area (Å²) in [6, 6.07) is 8.19. The molecule has 18 heavy (non-hydrogen) atoms. The topological polar surface area (TPSA) is 61.0 Å². The predicted molar refractivity (Wildman–Crippen MR) is 66.4 cm³/mol. The van der Waals surface area contributed by atoms with Crippen LogP contribution in [0.15, 0.2) is 30.3 Å². The van der Waals surface area contributed by atoms with E-state index < -0.39 is 0 Å². The third-order valence-corrected chi connectivity index (χ3v) is 2.44. The zero-order valence-corrected chi connectivity index (χ0v) is 10.1. The first-order valence-corrected chi connectivity index (χ1v) is 5.53. The highest BCUT2D eigenvalue weighted by Crippen LogP contribution is 2.12. The summed E-state index contributed by atoms with van der Waals surface area (Å²) >= 11 is 0. The third kappa shape index (κ3) is 3.01. The normalized spacial score (nSPS) is 10.6. The highest BCUT2D eigenvalue weighted by atomic mass is 19.1. The number of hydrogen-bond donors (Lipinski definition) is 1. The Hall–Kier alpha value is -2.01. The van der Waals surface area contributed by atoms with Gasteiger partial charge < -0.3 is 10.5 Å². The molecule has 0 amide bonds. The van der Waals surface area contributed by atoms with Gasteiger partial charge in [-0.25, -0.2) is 14.4 Å². The number of nitrogen functional groups attached to an aromatic ring is 1. The summed E-state index contributed by atoms with van der Waals surface area (Å²) in [5.41, 5.74) is 6.92. The molecule has 0 aliphatic carbocycles. The first-order chi connectivity index (χ1) is 8.69. The second kappa shape index (κ2) is 5.55. The highest BCUT2D eigenvalue weighted by molar-refractivity contribution is 5.31. The SMILES string of the molecule is COCc1cc(N)nc(Cc2ccccc2F)n1. The van der Waals surface area contributed by atoms with Gasteiger partial charge in [-0.3, -0.25) is 0 Å². The van der Waals surface area contributed by atoms with Gasteiger partial charge in [-0.15, -0.1) is 0 Å². The summed E-state index contributed by atoms with van der Waals surface area (Å²) in [6.07, 6.45) is 0.314. The van der Waals surface area contributed by atoms with Crippen molar-refractivity contribution in [2.75, 3.05) is 12.8 Å². The second-order valence-electron chi connectivity index (χ2n) is 3.90. The Morgan fingerprint density at radius 1 is 1.28 bits per heavy atom. The molecule has 1 heterocycles. The molecule has 94 valence electrons. The van der Waals surface area contributed by atoms with Crippen LogP contribution in [0.3, 0.4) is 0 Å². The van der Waals surface area contributed by atoms with E-state index in [2.05, 4.69) is 9.97 Å². The maximum Gasteiger partial charge on any atom is 0.135 e. The Labute approximate surface area is 105 Å². The summed E-state index contributed by atoms with van der Waals surface area (Å²) < 4.78 is 18.5. The molecule has 0 atom stereocenters. The van der Waals surface area contributed by atoms with Gasteiger partial charge in [-0.05, 0) is 11.6 Å². The van der Waals surface area contributed by atoms with Crippen LogP contribution in [0.2, 0.25) is 0 Å². The number of nitrogens with two attached hydrogens (primary N) is 1. The molecular weight excluding hydrogens is 233 g/mol. The van der Waals surface area contributed by atoms with Crippen molar-refractivity contribution in [1.29, 1.82) is 0 Å². The Kier molecular flexibility index (Phi) is 3.84. The minimum atomic E-state index is -0.267. The Morgan fingerprint density at radius 2 is 2.06 bits per heavy atom. The van der Waals surface area contributed by atoms with Crippen molar-refractivity contribution in [1.82, 2.24) is 9.97 Å². The lowest BCUT2D eigenvalue weighted by Gasteiger charge is -2.06. The van der Waals surface area contributed by atoms with Crippen LogP contribution in [0.4, 0.5) is 10.2 Å². The number of rotatable bonds is 4. The number of anilines is 1. The van der Waals surface area contributed by atoms with Gasteiger partial charge in [0.15, 0.2) is 0 Å². The molecule has 0 unspecified atom stereocenters. The lowest BCUT2D eigenvalue weighted by molar-refractivity contribution is 0.181. The van der Waals surface area contributed by atoms with Crippen LogP contribution in [0.25, 0.3) is 0 Å². The highest BCUT2D eigenvalue weighted by Gasteiger charge is 2.07. The van der Waals surface area contributed by atoms with Crippen LogP contribution in [0.5, 0.6) is 0 Å². The van der Waals surface area contributed by atoms with Crippen LogP contribution in [-0.2, 0) is 17.8 Å². The van der Waals surface area contributed by atoms with E-state index in [0.717, 1.165) is 0 Å². The maximum atomic E-state index is 13.5. The average Bonchev–Trinajstić information content (AvgIpc) is 2.32. The number of benzene rings is 1. The molecule has 1 aromatic carbocycles. The van der Waals surface area contributed by atoms with Crippen LogP contribution < -0.4 is 5.73 Å². The first kappa shape index (κ1) is 12.4. The average molecular weight is 247 g/mol. The standard InChI is InChI=1S/C13H14FN3O/c1-18-8-10-7-12(15)17-13(16-10)6-9-4-2-3-5-11(9)14/h2-5,7H,6,8H2,1H3,(H2,15,16,17). The van der Waals surface area contributed by atoms with E-state index in [1.807, 2.05) is 0 Å². The van der Waals surface area contributed by atoms with Gasteiger partial charge in [0.2, 0.25) is 0 Å². The van der Waals surface area contributed by atoms with Gasteiger partial charge in [-0.1, -0.05) is 18.2 Å². The van der Waals surface area contributed by atoms with Crippen LogP contribution in [0, 0.1) is 5.82 Å². The van der Waals surface area contributed by atoms with Gasteiger partial charge in [-0.2, -0.15) is 0 Å². The lowest BCUT2D eigenvalue weighted by Crippen LogP contribution is -2.05. The number of aromatic nitrogens is 2. The summed E-state index contributed by atoms with van der Waals surface area (Å²) in [5, 5.41) is 0. The molecule has 0 saturated heterocycles. The minimum absolute atomic E-state index is 0.267. The lowest BCUT2D eigenvalue weighted by atomic mass is 10.1. The monoisotopic (exact) mass is 247 g/mol. The van der Waals surface area contributed by atoms with Crippen LogP contribution in [0.1, 0.15) is 17.1 Å². The molecule has 0 radical (unpaired) electrons. The first-order valence-electron chi connectivity index (χ1n) is 5.53. The molecule has 2 rings (SSSR count). The van der Waals surface area contributed by atoms with Crippen LogP contribution >= 0.6 is 0 Å². The molecule has 0 aliphatic heterocycles. The summed E-state index contributed by atoms with van der Waals surface area (Å²) in [5.74, 6) is 0.590. The van der Waals surface area contributed by atoms with Gasteiger partial charge in [0.05, 0.1) is 12.3 Å². The van der Waals surface area contributed by atoms with E-state index in [4.69, 9.17) is 10.5 Å². The van der Waals surface area contributed by atoms with E-state index in [1.165, 1.54) is 6.07 Å². The van der Waals surface area contributed by atoms with E-state index in [0.29, 0.717) is 35.9 Å². The molecule has 1 aromatic heterocycles. The fraction of sp³-hybridized carbons (Fsp3) is 0.231. The number of halogens is 1. The van der Waals surface area contributed by atoms with Gasteiger partial charge in [0.1, 0.15) is 17.5 Å². The Balaban J connectivity index is 2.26. The van der Waals surface area contributed by atoms with Gasteiger partial charge in [0, 0.05) is 19.6 Å². The molecule has 4 nitrogen and oxygen atoms in total. The van der Waals surface area contributed by atoms with E-state index in [-0.39, 0.29) is 5.82 Å². The van der Waals surface area contributed by atoms with Crippen molar-refractivity contribution >= 4 is 5.82 Å². The van der Waals surface area contributed by atoms with Crippen molar-refractivity contribution in [2.24, 2.45) is 0 Å². The quantitative estimate of drug-likeness (QED) is 0.896. The van der Waals surface area contributed by atoms with Crippen molar-refractivity contribution in [3.8, 4) is 0 Å². The van der Waals surface area contributed by atoms with Crippen molar-refractivity contribution < 1.29 is 9.13 Å². The van der Waals surface area contributed by atoms with Gasteiger partial charge in [0.25, 0.3) is 0 Å². The minimum Gasteiger partial charge on any atom is -0.384 e. The number of ether oxygens (including phenoxy) is 1. The number of methoxy groups -OCH3 is 1. The molecule has 0 spiro atoms. The van der Waals surface area contributed by atoms with E-state index >= 15 is 0 Å². The summed E-state index contributed by atoms with van der Waals surface area (Å²) in [4.78, 5) is 8.37. The fourth-order valence-corrected chi connectivity index (χ4v) is 1.69. The van der Waals surface area contributed by atoms with Crippen LogP contribution in [-0.4, -0.2) is 17.1 Å². The Morgan fingerprint density at radius 3 is 2.78 bits per heavy atom. The molecule has 0 bridgehead atoms. The zero-order chi connectivity index (χ0) is 13.0. The molecule has 0 fully saturated rings. The molecule has 2 N–H and O–H groups in total. The molecule has 0 saturated carbocycles. The van der Waals surface area contributed by atoms with Gasteiger partial charge >= 0.3 is 0 Å². The molecule has 5 heteroatoms. The third-order valence-electron chi connectivity index (χ3n) is 2.44. The zero-order valence-electron chi connectivity index (χ0n) is 10.1. The smallest absolute Gasteiger partial charge is 0.135 e. The van der Waals surface area contributed by atoms with E-state index in [1.54, 1.807) is 31.4 Å². The Bertz CT molecular complexity index is 546. The largest absolute Gasteiger partial charge is 0.384 e. The summed E-state index contributed by atoms with van der Waals surface area (Å²) in [7, 11) is 1.58. The number of nitrogens with zero attached hydrogens (tertiary/aromatic N) is 2. The second-order valence-corrected chi connectivity index (χ2v) is 3.90. The van der Waals surface area contributed by atoms with Crippen molar-refractivity contribution in [2.45, 2.75) is 13.0 Å². The van der Waals surface area contributed by atoms with E-state index in [9.17, 15) is 4.39 Å². The molecule has 2 aromatic rings.